The molecule has 2 aliphatic rings. The number of sulfonamides is 1. The number of benzene rings is 2. The molecule has 0 saturated carbocycles. The number of ether oxygens (including phenoxy) is 3. The van der Waals surface area contributed by atoms with Crippen LogP contribution in [0, 0.1) is 0 Å². The Bertz CT molecular complexity index is 877. The maximum Gasteiger partial charge on any atom is 0.262 e. The summed E-state index contributed by atoms with van der Waals surface area (Å²) in [4.78, 5) is 0.127. The van der Waals surface area contributed by atoms with Gasteiger partial charge in [0.05, 0.1) is 11.0 Å². The van der Waals surface area contributed by atoms with Crippen LogP contribution in [0.1, 0.15) is 12.8 Å². The number of hydrogen-bond donors (Lipinski definition) is 2. The average Bonchev–Trinajstić information content (AvgIpc) is 3.32. The fourth-order valence-electron chi connectivity index (χ4n) is 2.95. The van der Waals surface area contributed by atoms with E-state index in [9.17, 15) is 8.42 Å². The van der Waals surface area contributed by atoms with E-state index in [4.69, 9.17) is 14.2 Å². The summed E-state index contributed by atoms with van der Waals surface area (Å²) in [6.45, 7) is 1.68. The first kappa shape index (κ1) is 17.0. The Morgan fingerprint density at radius 1 is 1.00 bits per heavy atom. The Balaban J connectivity index is 1.41. The third-order valence-corrected chi connectivity index (χ3v) is 5.73. The SMILES string of the molecule is O=S(=O)(Nc1ccc(NCC2CCCO2)cc1)c1ccc2c(c1)OCO2. The van der Waals surface area contributed by atoms with Gasteiger partial charge in [-0.25, -0.2) is 8.42 Å². The molecule has 2 aromatic rings. The van der Waals surface area contributed by atoms with Crippen LogP contribution < -0.4 is 19.5 Å². The first-order valence-corrected chi connectivity index (χ1v) is 9.96. The molecule has 138 valence electrons. The maximum absolute atomic E-state index is 12.5. The second kappa shape index (κ2) is 7.05. The highest BCUT2D eigenvalue weighted by atomic mass is 32.2. The summed E-state index contributed by atoms with van der Waals surface area (Å²) in [5, 5.41) is 3.30. The van der Waals surface area contributed by atoms with E-state index in [1.807, 2.05) is 12.1 Å². The molecule has 8 heteroatoms. The van der Waals surface area contributed by atoms with Gasteiger partial charge in [0.2, 0.25) is 6.79 Å². The zero-order chi connectivity index (χ0) is 18.0. The summed E-state index contributed by atoms with van der Waals surface area (Å²) in [5.41, 5.74) is 1.41. The van der Waals surface area contributed by atoms with Gasteiger partial charge in [0, 0.05) is 30.6 Å². The molecule has 2 aromatic carbocycles. The van der Waals surface area contributed by atoms with Gasteiger partial charge in [-0.15, -0.1) is 0 Å². The minimum atomic E-state index is -3.70. The van der Waals surface area contributed by atoms with Crippen LogP contribution in [0.15, 0.2) is 47.4 Å². The number of nitrogens with one attached hydrogen (secondary N) is 2. The van der Waals surface area contributed by atoms with Gasteiger partial charge in [0.15, 0.2) is 11.5 Å². The molecule has 0 aromatic heterocycles. The van der Waals surface area contributed by atoms with Gasteiger partial charge in [-0.05, 0) is 49.2 Å². The summed E-state index contributed by atoms with van der Waals surface area (Å²) in [6.07, 6.45) is 2.42. The van der Waals surface area contributed by atoms with Crippen LogP contribution >= 0.6 is 0 Å². The molecular weight excluding hydrogens is 356 g/mol. The van der Waals surface area contributed by atoms with Gasteiger partial charge in [-0.3, -0.25) is 4.72 Å². The van der Waals surface area contributed by atoms with Gasteiger partial charge < -0.3 is 19.5 Å². The first-order chi connectivity index (χ1) is 12.6. The van der Waals surface area contributed by atoms with Crippen LogP contribution in [-0.2, 0) is 14.8 Å². The fourth-order valence-corrected chi connectivity index (χ4v) is 4.02. The third kappa shape index (κ3) is 3.71. The molecule has 0 radical (unpaired) electrons. The van der Waals surface area contributed by atoms with E-state index < -0.39 is 10.0 Å². The van der Waals surface area contributed by atoms with E-state index in [-0.39, 0.29) is 17.8 Å². The highest BCUT2D eigenvalue weighted by Crippen LogP contribution is 2.34. The van der Waals surface area contributed by atoms with Crippen LogP contribution in [-0.4, -0.2) is 34.5 Å². The van der Waals surface area contributed by atoms with Crippen LogP contribution in [0.5, 0.6) is 11.5 Å². The van der Waals surface area contributed by atoms with Crippen LogP contribution in [0.2, 0.25) is 0 Å². The van der Waals surface area contributed by atoms with E-state index >= 15 is 0 Å². The van der Waals surface area contributed by atoms with Gasteiger partial charge >= 0.3 is 0 Å². The minimum Gasteiger partial charge on any atom is -0.454 e. The highest BCUT2D eigenvalue weighted by molar-refractivity contribution is 7.92. The lowest BCUT2D eigenvalue weighted by atomic mass is 10.2. The van der Waals surface area contributed by atoms with Crippen molar-refractivity contribution in [2.45, 2.75) is 23.8 Å². The summed E-state index contributed by atoms with van der Waals surface area (Å²) >= 11 is 0. The van der Waals surface area contributed by atoms with Gasteiger partial charge in [-0.2, -0.15) is 0 Å². The van der Waals surface area contributed by atoms with E-state index in [1.54, 1.807) is 18.2 Å². The van der Waals surface area contributed by atoms with Gasteiger partial charge in [0.1, 0.15) is 0 Å². The molecule has 0 aliphatic carbocycles. The van der Waals surface area contributed by atoms with E-state index in [2.05, 4.69) is 10.0 Å². The first-order valence-electron chi connectivity index (χ1n) is 8.48. The van der Waals surface area contributed by atoms with Gasteiger partial charge in [-0.1, -0.05) is 0 Å². The summed E-state index contributed by atoms with van der Waals surface area (Å²) < 4.78 is 43.7. The normalized spacial score (nSPS) is 18.7. The van der Waals surface area contributed by atoms with Crippen LogP contribution in [0.4, 0.5) is 11.4 Å². The smallest absolute Gasteiger partial charge is 0.262 e. The summed E-state index contributed by atoms with van der Waals surface area (Å²) in [7, 11) is -3.70. The Morgan fingerprint density at radius 2 is 1.77 bits per heavy atom. The molecule has 0 spiro atoms. The van der Waals surface area contributed by atoms with Crippen molar-refractivity contribution in [3.8, 4) is 11.5 Å². The standard InChI is InChI=1S/C18H20N2O5S/c21-26(22,16-7-8-17-18(10-16)25-12-24-17)20-14-5-3-13(4-6-14)19-11-15-2-1-9-23-15/h3-8,10,15,19-20H,1-2,9,11-12H2. The van der Waals surface area contributed by atoms with Gasteiger partial charge in [0.25, 0.3) is 10.0 Å². The summed E-state index contributed by atoms with van der Waals surface area (Å²) in [6, 6.07) is 11.7. The molecule has 1 unspecified atom stereocenters. The molecule has 1 fully saturated rings. The minimum absolute atomic E-state index is 0.104. The van der Waals surface area contributed by atoms with Crippen LogP contribution in [0.3, 0.4) is 0 Å². The van der Waals surface area contributed by atoms with E-state index in [1.165, 1.54) is 12.1 Å². The largest absolute Gasteiger partial charge is 0.454 e. The van der Waals surface area contributed by atoms with Crippen molar-refractivity contribution in [3.05, 3.63) is 42.5 Å². The molecule has 0 bridgehead atoms. The van der Waals surface area contributed by atoms with Crippen molar-refractivity contribution >= 4 is 21.4 Å². The number of anilines is 2. The van der Waals surface area contributed by atoms with Crippen molar-refractivity contribution in [2.24, 2.45) is 0 Å². The number of hydrogen-bond acceptors (Lipinski definition) is 6. The molecule has 4 rings (SSSR count). The third-order valence-electron chi connectivity index (χ3n) is 4.35. The van der Waals surface area contributed by atoms with Crippen molar-refractivity contribution < 1.29 is 22.6 Å². The average molecular weight is 376 g/mol. The van der Waals surface area contributed by atoms with Crippen molar-refractivity contribution in [1.29, 1.82) is 0 Å². The summed E-state index contributed by atoms with van der Waals surface area (Å²) in [5.74, 6) is 0.979. The Labute approximate surface area is 152 Å². The molecule has 1 atom stereocenters. The number of rotatable bonds is 6. The lowest BCUT2D eigenvalue weighted by molar-refractivity contribution is 0.120. The van der Waals surface area contributed by atoms with Crippen molar-refractivity contribution in [2.75, 3.05) is 30.0 Å². The Kier molecular flexibility index (Phi) is 4.60. The Hall–Kier alpha value is -2.45. The lowest BCUT2D eigenvalue weighted by Crippen LogP contribution is -2.18. The molecular formula is C18H20N2O5S. The predicted octanol–water partition coefficient (Wildman–Crippen LogP) is 2.81. The molecule has 1 saturated heterocycles. The monoisotopic (exact) mass is 376 g/mol. The fraction of sp³-hybridized carbons (Fsp3) is 0.333. The second-order valence-electron chi connectivity index (χ2n) is 6.21. The zero-order valence-electron chi connectivity index (χ0n) is 14.1. The zero-order valence-corrected chi connectivity index (χ0v) is 14.9. The quantitative estimate of drug-likeness (QED) is 0.806. The second-order valence-corrected chi connectivity index (χ2v) is 7.90. The molecule has 26 heavy (non-hydrogen) atoms. The predicted molar refractivity (Wildman–Crippen MR) is 97.3 cm³/mol. The molecule has 2 heterocycles. The lowest BCUT2D eigenvalue weighted by Gasteiger charge is -2.13. The van der Waals surface area contributed by atoms with Crippen molar-refractivity contribution in [1.82, 2.24) is 0 Å². The molecule has 0 amide bonds. The topological polar surface area (TPSA) is 85.9 Å². The highest BCUT2D eigenvalue weighted by Gasteiger charge is 2.20. The number of fused-ring (bicyclic) bond motifs is 1. The molecule has 2 aliphatic heterocycles. The van der Waals surface area contributed by atoms with Crippen LogP contribution in [0.25, 0.3) is 0 Å². The maximum atomic E-state index is 12.5. The van der Waals surface area contributed by atoms with E-state index in [0.29, 0.717) is 17.2 Å². The van der Waals surface area contributed by atoms with Crippen molar-refractivity contribution in [3.63, 3.8) is 0 Å². The Morgan fingerprint density at radius 3 is 2.54 bits per heavy atom. The van der Waals surface area contributed by atoms with E-state index in [0.717, 1.165) is 31.7 Å². The molecule has 2 N–H and O–H groups in total. The molecule has 7 nitrogen and oxygen atoms in total.